The van der Waals surface area contributed by atoms with Crippen LogP contribution < -0.4 is 0 Å². The van der Waals surface area contributed by atoms with Crippen molar-refractivity contribution in [3.8, 4) is 34.8 Å². The standard InChI is InChI=1S/C38H24Br2/c39-25-35-31(21-19-27-11-3-1-4-12-27)23-29-15-7-9-17-33(29)37(35)38-34-18-10-8-16-30(34)24-32(36(38)26-40)22-20-28-13-5-2-6-14-28/h1-18,23-24H,25-26H2. The number of fused-ring (bicyclic) bond motifs is 2. The van der Waals surface area contributed by atoms with Crippen molar-refractivity contribution < 1.29 is 0 Å². The van der Waals surface area contributed by atoms with Crippen molar-refractivity contribution in [2.24, 2.45) is 0 Å². The Kier molecular flexibility index (Phi) is 7.83. The quantitative estimate of drug-likeness (QED) is 0.133. The van der Waals surface area contributed by atoms with Crippen molar-refractivity contribution in [2.75, 3.05) is 0 Å². The lowest BCUT2D eigenvalue weighted by Crippen LogP contribution is -2.00. The minimum Gasteiger partial charge on any atom is -0.0876 e. The summed E-state index contributed by atoms with van der Waals surface area (Å²) in [6.07, 6.45) is 0. The predicted molar refractivity (Wildman–Crippen MR) is 177 cm³/mol. The van der Waals surface area contributed by atoms with Crippen LogP contribution in [0.4, 0.5) is 0 Å². The van der Waals surface area contributed by atoms with E-state index in [-0.39, 0.29) is 0 Å². The molecule has 6 rings (SSSR count). The summed E-state index contributed by atoms with van der Waals surface area (Å²) in [6, 6.07) is 42.0. The molecule has 0 heterocycles. The van der Waals surface area contributed by atoms with Gasteiger partial charge in [0.1, 0.15) is 0 Å². The zero-order chi connectivity index (χ0) is 27.3. The fourth-order valence-electron chi connectivity index (χ4n) is 5.17. The molecule has 0 saturated carbocycles. The number of alkyl halides is 2. The van der Waals surface area contributed by atoms with E-state index in [1.54, 1.807) is 0 Å². The molecular weight excluding hydrogens is 616 g/mol. The van der Waals surface area contributed by atoms with Crippen LogP contribution in [-0.4, -0.2) is 0 Å². The summed E-state index contributed by atoms with van der Waals surface area (Å²) >= 11 is 7.70. The van der Waals surface area contributed by atoms with Crippen molar-refractivity contribution in [2.45, 2.75) is 10.7 Å². The number of benzene rings is 6. The Morgan fingerprint density at radius 1 is 0.425 bits per heavy atom. The second-order valence-corrected chi connectivity index (χ2v) is 10.6. The van der Waals surface area contributed by atoms with Crippen LogP contribution in [0.25, 0.3) is 32.7 Å². The molecule has 0 unspecified atom stereocenters. The zero-order valence-electron chi connectivity index (χ0n) is 21.7. The lowest BCUT2D eigenvalue weighted by molar-refractivity contribution is 1.38. The molecule has 0 aliphatic rings. The maximum absolute atomic E-state index is 3.85. The molecule has 0 spiro atoms. The van der Waals surface area contributed by atoms with Crippen molar-refractivity contribution >= 4 is 53.4 Å². The Morgan fingerprint density at radius 3 is 1.20 bits per heavy atom. The Hall–Kier alpha value is -4.08. The van der Waals surface area contributed by atoms with Crippen LogP contribution in [0.3, 0.4) is 0 Å². The summed E-state index contributed by atoms with van der Waals surface area (Å²) in [6.45, 7) is 0. The molecule has 40 heavy (non-hydrogen) atoms. The number of hydrogen-bond acceptors (Lipinski definition) is 0. The van der Waals surface area contributed by atoms with Crippen molar-refractivity contribution in [1.29, 1.82) is 0 Å². The molecule has 0 nitrogen and oxygen atoms in total. The molecule has 0 bridgehead atoms. The van der Waals surface area contributed by atoms with E-state index in [9.17, 15) is 0 Å². The smallest absolute Gasteiger partial charge is 0.0302 e. The van der Waals surface area contributed by atoms with Crippen LogP contribution >= 0.6 is 31.9 Å². The fraction of sp³-hybridized carbons (Fsp3) is 0.0526. The third-order valence-electron chi connectivity index (χ3n) is 7.06. The highest BCUT2D eigenvalue weighted by molar-refractivity contribution is 9.08. The molecule has 2 heteroatoms. The van der Waals surface area contributed by atoms with Gasteiger partial charge in [-0.2, -0.15) is 0 Å². The molecule has 0 aliphatic carbocycles. The van der Waals surface area contributed by atoms with Gasteiger partial charge < -0.3 is 0 Å². The van der Waals surface area contributed by atoms with E-state index in [0.29, 0.717) is 10.7 Å². The van der Waals surface area contributed by atoms with Crippen LogP contribution in [0.1, 0.15) is 33.4 Å². The van der Waals surface area contributed by atoms with Gasteiger partial charge in [-0.15, -0.1) is 0 Å². The molecule has 0 atom stereocenters. The summed E-state index contributed by atoms with van der Waals surface area (Å²) < 4.78 is 0. The number of hydrogen-bond donors (Lipinski definition) is 0. The highest BCUT2D eigenvalue weighted by atomic mass is 79.9. The number of halogens is 2. The topological polar surface area (TPSA) is 0 Å². The van der Waals surface area contributed by atoms with Gasteiger partial charge in [-0.3, -0.25) is 0 Å². The molecule has 6 aromatic carbocycles. The van der Waals surface area contributed by atoms with Gasteiger partial charge in [0.05, 0.1) is 0 Å². The molecule has 0 saturated heterocycles. The van der Waals surface area contributed by atoms with E-state index in [2.05, 4.69) is 116 Å². The average Bonchev–Trinajstić information content (AvgIpc) is 3.02. The Bertz CT molecular complexity index is 1820. The Morgan fingerprint density at radius 2 is 0.800 bits per heavy atom. The molecule has 190 valence electrons. The van der Waals surface area contributed by atoms with Gasteiger partial charge in [-0.05, 0) is 80.2 Å². The highest BCUT2D eigenvalue weighted by Crippen LogP contribution is 2.43. The van der Waals surface area contributed by atoms with E-state index in [4.69, 9.17) is 0 Å². The summed E-state index contributed by atoms with van der Waals surface area (Å²) in [7, 11) is 0. The SMILES string of the molecule is BrCc1c(C#Cc2ccccc2)cc2ccccc2c1-c1c(CBr)c(C#Cc2ccccc2)cc2ccccc12. The van der Waals surface area contributed by atoms with Gasteiger partial charge in [0.2, 0.25) is 0 Å². The van der Waals surface area contributed by atoms with Crippen LogP contribution in [0.15, 0.2) is 121 Å². The van der Waals surface area contributed by atoms with Crippen molar-refractivity contribution in [1.82, 2.24) is 0 Å². The summed E-state index contributed by atoms with van der Waals surface area (Å²) in [5, 5.41) is 6.13. The maximum atomic E-state index is 3.85. The summed E-state index contributed by atoms with van der Waals surface area (Å²) in [5.74, 6) is 13.8. The first-order valence-electron chi connectivity index (χ1n) is 13.1. The zero-order valence-corrected chi connectivity index (χ0v) is 24.9. The molecular formula is C38H24Br2. The molecule has 0 fully saturated rings. The maximum Gasteiger partial charge on any atom is 0.0302 e. The van der Waals surface area contributed by atoms with E-state index < -0.39 is 0 Å². The highest BCUT2D eigenvalue weighted by Gasteiger charge is 2.20. The normalized spacial score (nSPS) is 10.6. The molecule has 0 amide bonds. The third-order valence-corrected chi connectivity index (χ3v) is 8.18. The van der Waals surface area contributed by atoms with Crippen LogP contribution in [0.2, 0.25) is 0 Å². The van der Waals surface area contributed by atoms with Gasteiger partial charge in [0, 0.05) is 32.9 Å². The van der Waals surface area contributed by atoms with Gasteiger partial charge in [-0.1, -0.05) is 140 Å². The van der Waals surface area contributed by atoms with Gasteiger partial charge in [0.25, 0.3) is 0 Å². The molecule has 0 aliphatic heterocycles. The molecule has 0 aromatic heterocycles. The lowest BCUT2D eigenvalue weighted by atomic mass is 9.84. The molecule has 0 radical (unpaired) electrons. The second kappa shape index (κ2) is 12.0. The minimum absolute atomic E-state index is 0.682. The van der Waals surface area contributed by atoms with Crippen LogP contribution in [-0.2, 0) is 10.7 Å². The largest absolute Gasteiger partial charge is 0.0876 e. The first kappa shape index (κ1) is 26.2. The van der Waals surface area contributed by atoms with Crippen molar-refractivity contribution in [3.63, 3.8) is 0 Å². The molecule has 6 aromatic rings. The van der Waals surface area contributed by atoms with Gasteiger partial charge >= 0.3 is 0 Å². The van der Waals surface area contributed by atoms with E-state index in [1.807, 2.05) is 60.7 Å². The monoisotopic (exact) mass is 638 g/mol. The second-order valence-electron chi connectivity index (χ2n) is 9.50. The van der Waals surface area contributed by atoms with E-state index in [1.165, 1.54) is 43.8 Å². The summed E-state index contributed by atoms with van der Waals surface area (Å²) in [4.78, 5) is 0. The fourth-order valence-corrected chi connectivity index (χ4v) is 6.34. The van der Waals surface area contributed by atoms with Crippen LogP contribution in [0.5, 0.6) is 0 Å². The van der Waals surface area contributed by atoms with Gasteiger partial charge in [-0.25, -0.2) is 0 Å². The van der Waals surface area contributed by atoms with Crippen LogP contribution in [0, 0.1) is 23.7 Å². The summed E-state index contributed by atoms with van der Waals surface area (Å²) in [5.41, 5.74) is 8.85. The number of rotatable bonds is 3. The lowest BCUT2D eigenvalue weighted by Gasteiger charge is -2.20. The van der Waals surface area contributed by atoms with E-state index in [0.717, 1.165) is 22.3 Å². The third kappa shape index (κ3) is 5.22. The van der Waals surface area contributed by atoms with Crippen molar-refractivity contribution in [3.05, 3.63) is 155 Å². The first-order chi connectivity index (χ1) is 19.8. The first-order valence-corrected chi connectivity index (χ1v) is 15.4. The predicted octanol–water partition coefficient (Wildman–Crippen LogP) is 10.2. The molecule has 0 N–H and O–H groups in total. The minimum atomic E-state index is 0.682. The Balaban J connectivity index is 1.69. The Labute approximate surface area is 252 Å². The van der Waals surface area contributed by atoms with E-state index >= 15 is 0 Å². The average molecular weight is 640 g/mol. The van der Waals surface area contributed by atoms with Gasteiger partial charge in [0.15, 0.2) is 0 Å².